The van der Waals surface area contributed by atoms with Gasteiger partial charge in [-0.15, -0.1) is 0 Å². The maximum atomic E-state index is 11.3. The maximum absolute atomic E-state index is 11.3. The molecule has 0 saturated carbocycles. The van der Waals surface area contributed by atoms with Crippen LogP contribution < -0.4 is 0 Å². The molecule has 1 rings (SSSR count). The molecule has 15 heavy (non-hydrogen) atoms. The second kappa shape index (κ2) is 6.83. The molecule has 1 heterocycles. The topological polar surface area (TPSA) is 29.5 Å². The first-order valence-corrected chi connectivity index (χ1v) is 6.10. The first kappa shape index (κ1) is 12.5. The molecule has 0 radical (unpaired) electrons. The Morgan fingerprint density at radius 1 is 1.47 bits per heavy atom. The van der Waals surface area contributed by atoms with E-state index in [9.17, 15) is 4.79 Å². The highest BCUT2D eigenvalue weighted by Crippen LogP contribution is 2.08. The van der Waals surface area contributed by atoms with E-state index in [0.717, 1.165) is 19.4 Å². The van der Waals surface area contributed by atoms with E-state index in [1.54, 1.807) is 0 Å². The Balaban J connectivity index is 1.93. The zero-order chi connectivity index (χ0) is 11.1. The molecule has 1 fully saturated rings. The molecule has 0 aromatic heterocycles. The minimum absolute atomic E-state index is 0.0316. The van der Waals surface area contributed by atoms with Gasteiger partial charge in [0.1, 0.15) is 0 Å². The Morgan fingerprint density at radius 3 is 2.73 bits per heavy atom. The van der Waals surface area contributed by atoms with E-state index < -0.39 is 0 Å². The van der Waals surface area contributed by atoms with Gasteiger partial charge in [-0.2, -0.15) is 0 Å². The smallest absolute Gasteiger partial charge is 0.305 e. The third-order valence-corrected chi connectivity index (χ3v) is 3.03. The van der Waals surface area contributed by atoms with Crippen molar-refractivity contribution in [2.45, 2.75) is 39.5 Å². The number of hydrogen-bond acceptors (Lipinski definition) is 3. The predicted octanol–water partition coefficient (Wildman–Crippen LogP) is 2.06. The van der Waals surface area contributed by atoms with Gasteiger partial charge in [0.2, 0.25) is 0 Å². The molecule has 1 atom stereocenters. The van der Waals surface area contributed by atoms with Crippen molar-refractivity contribution in [1.29, 1.82) is 0 Å². The highest BCUT2D eigenvalue weighted by atomic mass is 16.5. The summed E-state index contributed by atoms with van der Waals surface area (Å²) in [7, 11) is 0. The standard InChI is InChI=1S/C12H23NO2/c1-3-11(2)10-15-12(14)6-4-7-13-8-5-9-13/h11H,3-10H2,1-2H3. The van der Waals surface area contributed by atoms with E-state index in [1.807, 2.05) is 0 Å². The van der Waals surface area contributed by atoms with Crippen LogP contribution in [-0.4, -0.2) is 37.1 Å². The molecule has 3 heteroatoms. The van der Waals surface area contributed by atoms with Crippen LogP contribution in [0.5, 0.6) is 0 Å². The Hall–Kier alpha value is -0.570. The van der Waals surface area contributed by atoms with Gasteiger partial charge in [0.15, 0.2) is 0 Å². The summed E-state index contributed by atoms with van der Waals surface area (Å²) < 4.78 is 5.17. The van der Waals surface area contributed by atoms with Crippen LogP contribution in [0.15, 0.2) is 0 Å². The molecule has 0 aliphatic carbocycles. The average Bonchev–Trinajstić information content (AvgIpc) is 2.18. The molecule has 88 valence electrons. The lowest BCUT2D eigenvalue weighted by molar-refractivity contribution is -0.145. The summed E-state index contributed by atoms with van der Waals surface area (Å²) in [6.45, 7) is 8.27. The molecule has 0 bridgehead atoms. The summed E-state index contributed by atoms with van der Waals surface area (Å²) >= 11 is 0. The summed E-state index contributed by atoms with van der Waals surface area (Å²) in [6.07, 6.45) is 3.91. The Kier molecular flexibility index (Phi) is 5.69. The molecule has 1 unspecified atom stereocenters. The Bertz CT molecular complexity index is 190. The molecule has 1 aliphatic heterocycles. The third-order valence-electron chi connectivity index (χ3n) is 3.03. The number of rotatable bonds is 7. The van der Waals surface area contributed by atoms with E-state index in [1.165, 1.54) is 19.5 Å². The number of carbonyl (C=O) groups is 1. The van der Waals surface area contributed by atoms with Crippen LogP contribution in [-0.2, 0) is 9.53 Å². The molecule has 0 spiro atoms. The van der Waals surface area contributed by atoms with Crippen LogP contribution in [0.25, 0.3) is 0 Å². The van der Waals surface area contributed by atoms with Gasteiger partial charge >= 0.3 is 5.97 Å². The molecule has 0 amide bonds. The molecular formula is C12H23NO2. The van der Waals surface area contributed by atoms with Gasteiger partial charge in [-0.1, -0.05) is 20.3 Å². The lowest BCUT2D eigenvalue weighted by Gasteiger charge is -2.30. The second-order valence-corrected chi connectivity index (χ2v) is 4.50. The van der Waals surface area contributed by atoms with E-state index in [-0.39, 0.29) is 5.97 Å². The van der Waals surface area contributed by atoms with Gasteiger partial charge in [0.05, 0.1) is 6.61 Å². The molecule has 1 saturated heterocycles. The van der Waals surface area contributed by atoms with Gasteiger partial charge in [0.25, 0.3) is 0 Å². The summed E-state index contributed by atoms with van der Waals surface area (Å²) in [4.78, 5) is 13.7. The quantitative estimate of drug-likeness (QED) is 0.606. The minimum atomic E-state index is -0.0316. The normalized spacial score (nSPS) is 18.3. The third kappa shape index (κ3) is 5.17. The summed E-state index contributed by atoms with van der Waals surface area (Å²) in [5.41, 5.74) is 0. The number of hydrogen-bond donors (Lipinski definition) is 0. The van der Waals surface area contributed by atoms with Crippen molar-refractivity contribution >= 4 is 5.97 Å². The van der Waals surface area contributed by atoms with E-state index >= 15 is 0 Å². The first-order chi connectivity index (χ1) is 7.22. The van der Waals surface area contributed by atoms with Crippen molar-refractivity contribution < 1.29 is 9.53 Å². The molecule has 0 aromatic carbocycles. The maximum Gasteiger partial charge on any atom is 0.305 e. The first-order valence-electron chi connectivity index (χ1n) is 6.10. The van der Waals surface area contributed by atoms with Crippen LogP contribution >= 0.6 is 0 Å². The zero-order valence-corrected chi connectivity index (χ0v) is 10.00. The lowest BCUT2D eigenvalue weighted by Crippen LogP contribution is -2.37. The van der Waals surface area contributed by atoms with Gasteiger partial charge in [0, 0.05) is 6.42 Å². The van der Waals surface area contributed by atoms with Crippen LogP contribution in [0.3, 0.4) is 0 Å². The lowest BCUT2D eigenvalue weighted by atomic mass is 10.1. The molecule has 0 N–H and O–H groups in total. The second-order valence-electron chi connectivity index (χ2n) is 4.50. The highest BCUT2D eigenvalue weighted by Gasteiger charge is 2.13. The van der Waals surface area contributed by atoms with Crippen molar-refractivity contribution in [3.8, 4) is 0 Å². The van der Waals surface area contributed by atoms with Crippen molar-refractivity contribution in [2.75, 3.05) is 26.2 Å². The fraction of sp³-hybridized carbons (Fsp3) is 0.917. The fourth-order valence-corrected chi connectivity index (χ4v) is 1.48. The van der Waals surface area contributed by atoms with Crippen LogP contribution in [0.1, 0.15) is 39.5 Å². The fourth-order valence-electron chi connectivity index (χ4n) is 1.48. The monoisotopic (exact) mass is 213 g/mol. The largest absolute Gasteiger partial charge is 0.465 e. The molecular weight excluding hydrogens is 190 g/mol. The zero-order valence-electron chi connectivity index (χ0n) is 10.00. The van der Waals surface area contributed by atoms with Gasteiger partial charge < -0.3 is 9.64 Å². The van der Waals surface area contributed by atoms with Crippen LogP contribution in [0.2, 0.25) is 0 Å². The van der Waals surface area contributed by atoms with Crippen LogP contribution in [0.4, 0.5) is 0 Å². The summed E-state index contributed by atoms with van der Waals surface area (Å²) in [6, 6.07) is 0. The van der Waals surface area contributed by atoms with Crippen molar-refractivity contribution in [3.63, 3.8) is 0 Å². The molecule has 0 aromatic rings. The number of nitrogens with zero attached hydrogens (tertiary/aromatic N) is 1. The molecule has 3 nitrogen and oxygen atoms in total. The average molecular weight is 213 g/mol. The SMILES string of the molecule is CCC(C)COC(=O)CCCN1CCC1. The Morgan fingerprint density at radius 2 is 2.20 bits per heavy atom. The summed E-state index contributed by atoms with van der Waals surface area (Å²) in [5.74, 6) is 0.458. The highest BCUT2D eigenvalue weighted by molar-refractivity contribution is 5.69. The van der Waals surface area contributed by atoms with E-state index in [4.69, 9.17) is 4.74 Å². The summed E-state index contributed by atoms with van der Waals surface area (Å²) in [5, 5.41) is 0. The molecule has 1 aliphatic rings. The number of esters is 1. The van der Waals surface area contributed by atoms with Gasteiger partial charge in [-0.25, -0.2) is 0 Å². The van der Waals surface area contributed by atoms with Crippen molar-refractivity contribution in [2.24, 2.45) is 5.92 Å². The van der Waals surface area contributed by atoms with Gasteiger partial charge in [-0.05, 0) is 38.4 Å². The number of carbonyl (C=O) groups excluding carboxylic acids is 1. The predicted molar refractivity (Wildman–Crippen MR) is 60.7 cm³/mol. The minimum Gasteiger partial charge on any atom is -0.465 e. The number of ether oxygens (including phenoxy) is 1. The Labute approximate surface area is 92.8 Å². The van der Waals surface area contributed by atoms with E-state index in [2.05, 4.69) is 18.7 Å². The van der Waals surface area contributed by atoms with Gasteiger partial charge in [-0.3, -0.25) is 4.79 Å². The number of likely N-dealkylation sites (tertiary alicyclic amines) is 1. The van der Waals surface area contributed by atoms with Crippen LogP contribution in [0, 0.1) is 5.92 Å². The van der Waals surface area contributed by atoms with E-state index in [0.29, 0.717) is 18.9 Å². The van der Waals surface area contributed by atoms with Crippen molar-refractivity contribution in [3.05, 3.63) is 0 Å². The van der Waals surface area contributed by atoms with Crippen molar-refractivity contribution in [1.82, 2.24) is 4.90 Å².